The van der Waals surface area contributed by atoms with Crippen molar-refractivity contribution in [2.24, 2.45) is 0 Å². The zero-order valence-electron chi connectivity index (χ0n) is 7.86. The Labute approximate surface area is 92.2 Å². The first-order valence-corrected chi connectivity index (χ1v) is 6.48. The summed E-state index contributed by atoms with van der Waals surface area (Å²) in [6.07, 6.45) is 2.09. The van der Waals surface area contributed by atoms with Gasteiger partial charge in [0.15, 0.2) is 0 Å². The van der Waals surface area contributed by atoms with Gasteiger partial charge in [0, 0.05) is 21.7 Å². The minimum atomic E-state index is 1.15. The smallest absolute Gasteiger partial charge is 0.0492 e. The van der Waals surface area contributed by atoms with Crippen molar-refractivity contribution < 1.29 is 0 Å². The van der Waals surface area contributed by atoms with Crippen LogP contribution >= 0.6 is 23.1 Å². The van der Waals surface area contributed by atoms with Gasteiger partial charge in [-0.3, -0.25) is 0 Å². The molecule has 1 N–H and O–H groups in total. The predicted molar refractivity (Wildman–Crippen MR) is 65.8 cm³/mol. The van der Waals surface area contributed by atoms with E-state index in [4.69, 9.17) is 0 Å². The summed E-state index contributed by atoms with van der Waals surface area (Å²) in [4.78, 5) is 1.28. The summed E-state index contributed by atoms with van der Waals surface area (Å²) < 4.78 is 0. The molecule has 14 heavy (non-hydrogen) atoms. The van der Waals surface area contributed by atoms with Crippen LogP contribution in [0.15, 0.2) is 46.0 Å². The van der Waals surface area contributed by atoms with E-state index in [1.807, 2.05) is 0 Å². The summed E-state index contributed by atoms with van der Waals surface area (Å²) in [5, 5.41) is 7.53. The van der Waals surface area contributed by atoms with Crippen LogP contribution in [-0.2, 0) is 0 Å². The third kappa shape index (κ3) is 2.30. The van der Waals surface area contributed by atoms with Crippen LogP contribution in [0.3, 0.4) is 0 Å². The van der Waals surface area contributed by atoms with Crippen molar-refractivity contribution >= 4 is 34.5 Å². The van der Waals surface area contributed by atoms with Gasteiger partial charge in [-0.2, -0.15) is 11.3 Å². The van der Waals surface area contributed by atoms with Crippen LogP contribution in [0.25, 0.3) is 0 Å². The van der Waals surface area contributed by atoms with Crippen molar-refractivity contribution in [3.8, 4) is 0 Å². The molecule has 0 fully saturated rings. The lowest BCUT2D eigenvalue weighted by Gasteiger charge is -2.04. The molecular formula is C11H11NS2. The predicted octanol–water partition coefficient (Wildman–Crippen LogP) is 4.21. The molecular weight excluding hydrogens is 210 g/mol. The van der Waals surface area contributed by atoms with E-state index in [9.17, 15) is 0 Å². The lowest BCUT2D eigenvalue weighted by Crippen LogP contribution is -1.87. The number of thiophene rings is 1. The zero-order valence-corrected chi connectivity index (χ0v) is 9.49. The van der Waals surface area contributed by atoms with Crippen LogP contribution in [0.5, 0.6) is 0 Å². The van der Waals surface area contributed by atoms with Gasteiger partial charge in [0.2, 0.25) is 0 Å². The van der Waals surface area contributed by atoms with E-state index in [0.29, 0.717) is 0 Å². The maximum atomic E-state index is 3.36. The van der Waals surface area contributed by atoms with E-state index < -0.39 is 0 Å². The molecule has 3 heteroatoms. The number of hydrogen-bond donors (Lipinski definition) is 1. The van der Waals surface area contributed by atoms with E-state index in [1.165, 1.54) is 4.90 Å². The van der Waals surface area contributed by atoms with Crippen LogP contribution in [0.2, 0.25) is 0 Å². The number of anilines is 2. The summed E-state index contributed by atoms with van der Waals surface area (Å²) in [5.41, 5.74) is 2.31. The lowest BCUT2D eigenvalue weighted by molar-refractivity contribution is 1.44. The molecule has 0 aliphatic rings. The molecule has 0 bridgehead atoms. The van der Waals surface area contributed by atoms with Gasteiger partial charge in [0.1, 0.15) is 0 Å². The molecule has 0 saturated heterocycles. The molecule has 1 heterocycles. The molecule has 0 aliphatic carbocycles. The maximum absolute atomic E-state index is 3.36. The highest BCUT2D eigenvalue weighted by atomic mass is 32.2. The fourth-order valence-corrected chi connectivity index (χ4v) is 2.25. The fraction of sp³-hybridized carbons (Fsp3) is 0.0909. The van der Waals surface area contributed by atoms with Crippen LogP contribution in [0, 0.1) is 0 Å². The summed E-state index contributed by atoms with van der Waals surface area (Å²) >= 11 is 3.46. The van der Waals surface area contributed by atoms with Crippen LogP contribution in [0.1, 0.15) is 0 Å². The first kappa shape index (κ1) is 9.62. The highest BCUT2D eigenvalue weighted by molar-refractivity contribution is 7.98. The largest absolute Gasteiger partial charge is 0.355 e. The zero-order chi connectivity index (χ0) is 9.80. The van der Waals surface area contributed by atoms with Gasteiger partial charge < -0.3 is 5.32 Å². The first-order chi connectivity index (χ1) is 6.88. The van der Waals surface area contributed by atoms with Crippen molar-refractivity contribution in [1.82, 2.24) is 0 Å². The van der Waals surface area contributed by atoms with Crippen LogP contribution < -0.4 is 5.32 Å². The Hall–Kier alpha value is -0.930. The lowest BCUT2D eigenvalue weighted by atomic mass is 10.3. The second kappa shape index (κ2) is 4.53. The van der Waals surface area contributed by atoms with Crippen molar-refractivity contribution in [3.63, 3.8) is 0 Å². The van der Waals surface area contributed by atoms with E-state index >= 15 is 0 Å². The van der Waals surface area contributed by atoms with Crippen molar-refractivity contribution in [1.29, 1.82) is 0 Å². The Morgan fingerprint density at radius 2 is 2.14 bits per heavy atom. The third-order valence-corrected chi connectivity index (χ3v) is 3.29. The highest BCUT2D eigenvalue weighted by Crippen LogP contribution is 2.23. The molecule has 0 atom stereocenters. The molecule has 0 amide bonds. The quantitative estimate of drug-likeness (QED) is 0.779. The number of hydrogen-bond acceptors (Lipinski definition) is 3. The number of benzene rings is 1. The Morgan fingerprint density at radius 1 is 1.21 bits per heavy atom. The van der Waals surface area contributed by atoms with Crippen LogP contribution in [0.4, 0.5) is 11.4 Å². The minimum Gasteiger partial charge on any atom is -0.355 e. The number of rotatable bonds is 3. The summed E-state index contributed by atoms with van der Waals surface area (Å²) in [5.74, 6) is 0. The van der Waals surface area contributed by atoms with Gasteiger partial charge >= 0.3 is 0 Å². The van der Waals surface area contributed by atoms with Gasteiger partial charge in [0.05, 0.1) is 0 Å². The topological polar surface area (TPSA) is 12.0 Å². The Balaban J connectivity index is 2.17. The number of nitrogens with one attached hydrogen (secondary N) is 1. The highest BCUT2D eigenvalue weighted by Gasteiger charge is 1.95. The molecule has 0 radical (unpaired) electrons. The molecule has 1 nitrogen and oxygen atoms in total. The fourth-order valence-electron chi connectivity index (χ4n) is 1.20. The molecule has 0 saturated carbocycles. The summed E-state index contributed by atoms with van der Waals surface area (Å²) in [7, 11) is 0. The molecule has 0 spiro atoms. The van der Waals surface area contributed by atoms with Gasteiger partial charge in [-0.05, 0) is 35.9 Å². The Bertz CT molecular complexity index is 395. The van der Waals surface area contributed by atoms with Crippen molar-refractivity contribution in [3.05, 3.63) is 41.1 Å². The molecule has 1 aromatic heterocycles. The van der Waals surface area contributed by atoms with E-state index in [2.05, 4.69) is 52.7 Å². The van der Waals surface area contributed by atoms with Gasteiger partial charge in [0.25, 0.3) is 0 Å². The first-order valence-electron chi connectivity index (χ1n) is 4.32. The Morgan fingerprint density at radius 3 is 2.86 bits per heavy atom. The van der Waals surface area contributed by atoms with Gasteiger partial charge in [-0.15, -0.1) is 11.8 Å². The van der Waals surface area contributed by atoms with Crippen molar-refractivity contribution in [2.75, 3.05) is 11.6 Å². The molecule has 1 aromatic carbocycles. The standard InChI is InChI=1S/C11H11NS2/c1-13-11-4-2-3-9(7-11)12-10-5-6-14-8-10/h2-8,12H,1H3. The monoisotopic (exact) mass is 221 g/mol. The molecule has 0 aliphatic heterocycles. The number of thioether (sulfide) groups is 1. The maximum Gasteiger partial charge on any atom is 0.0492 e. The second-order valence-electron chi connectivity index (χ2n) is 2.87. The average Bonchev–Trinajstić information content (AvgIpc) is 2.71. The SMILES string of the molecule is CSc1cccc(Nc2ccsc2)c1. The molecule has 2 aromatic rings. The van der Waals surface area contributed by atoms with E-state index in [-0.39, 0.29) is 0 Å². The van der Waals surface area contributed by atoms with Crippen molar-refractivity contribution in [2.45, 2.75) is 4.90 Å². The van der Waals surface area contributed by atoms with E-state index in [1.54, 1.807) is 23.1 Å². The van der Waals surface area contributed by atoms with Gasteiger partial charge in [-0.1, -0.05) is 6.07 Å². The average molecular weight is 221 g/mol. The summed E-state index contributed by atoms with van der Waals surface area (Å²) in [6, 6.07) is 10.5. The van der Waals surface area contributed by atoms with Crippen LogP contribution in [-0.4, -0.2) is 6.26 Å². The normalized spacial score (nSPS) is 10.1. The second-order valence-corrected chi connectivity index (χ2v) is 4.53. The molecule has 0 unspecified atom stereocenters. The minimum absolute atomic E-state index is 1.15. The van der Waals surface area contributed by atoms with E-state index in [0.717, 1.165) is 11.4 Å². The third-order valence-electron chi connectivity index (χ3n) is 1.88. The molecule has 2 rings (SSSR count). The molecule has 72 valence electrons. The summed E-state index contributed by atoms with van der Waals surface area (Å²) in [6.45, 7) is 0. The van der Waals surface area contributed by atoms with Gasteiger partial charge in [-0.25, -0.2) is 0 Å². The Kier molecular flexibility index (Phi) is 3.11.